The molecule has 2 aromatic rings. The van der Waals surface area contributed by atoms with E-state index in [9.17, 15) is 0 Å². The number of alkyl halides is 3. The normalized spacial score (nSPS) is 12.1. The number of benzene rings is 1. The van der Waals surface area contributed by atoms with Gasteiger partial charge in [0.2, 0.25) is 3.79 Å². The average molecular weight is 305 g/mol. The molecule has 6 heteroatoms. The molecule has 1 heterocycles. The fourth-order valence-electron chi connectivity index (χ4n) is 1.59. The first-order valence-corrected chi connectivity index (χ1v) is 6.62. The summed E-state index contributed by atoms with van der Waals surface area (Å²) in [6.07, 6.45) is 0. The first-order valence-electron chi connectivity index (χ1n) is 5.48. The van der Waals surface area contributed by atoms with Gasteiger partial charge < -0.3 is 5.32 Å². The van der Waals surface area contributed by atoms with Crippen molar-refractivity contribution in [2.45, 2.75) is 23.7 Å². The zero-order valence-electron chi connectivity index (χ0n) is 9.92. The Balaban J connectivity index is 2.64. The molecule has 3 nitrogen and oxygen atoms in total. The summed E-state index contributed by atoms with van der Waals surface area (Å²) in [5.74, 6) is 0.853. The van der Waals surface area contributed by atoms with E-state index in [-0.39, 0.29) is 11.9 Å². The van der Waals surface area contributed by atoms with Gasteiger partial charge in [0, 0.05) is 11.4 Å². The first kappa shape index (κ1) is 13.7. The molecule has 0 saturated heterocycles. The first-order chi connectivity index (χ1) is 8.38. The molecular weight excluding hydrogens is 293 g/mol. The van der Waals surface area contributed by atoms with Gasteiger partial charge in [0.05, 0.1) is 5.52 Å². The van der Waals surface area contributed by atoms with E-state index < -0.39 is 3.79 Å². The summed E-state index contributed by atoms with van der Waals surface area (Å²) >= 11 is 17.5. The van der Waals surface area contributed by atoms with E-state index in [1.54, 1.807) is 0 Å². The number of fused-ring (bicyclic) bond motifs is 1. The van der Waals surface area contributed by atoms with Crippen LogP contribution in [0.3, 0.4) is 0 Å². The monoisotopic (exact) mass is 303 g/mol. The fraction of sp³-hybridized carbons (Fsp3) is 0.333. The van der Waals surface area contributed by atoms with Crippen LogP contribution in [0.2, 0.25) is 0 Å². The van der Waals surface area contributed by atoms with Crippen LogP contribution in [0, 0.1) is 0 Å². The van der Waals surface area contributed by atoms with Gasteiger partial charge in [-0.3, -0.25) is 0 Å². The molecule has 0 aliphatic heterocycles. The number of hydrogen-bond donors (Lipinski definition) is 1. The van der Waals surface area contributed by atoms with Crippen molar-refractivity contribution in [2.24, 2.45) is 0 Å². The summed E-state index contributed by atoms with van der Waals surface area (Å²) in [4.78, 5) is 8.56. The second kappa shape index (κ2) is 5.08. The third-order valence-electron chi connectivity index (χ3n) is 2.28. The third-order valence-corrected chi connectivity index (χ3v) is 2.79. The van der Waals surface area contributed by atoms with E-state index in [1.807, 2.05) is 38.1 Å². The van der Waals surface area contributed by atoms with Crippen molar-refractivity contribution in [1.29, 1.82) is 0 Å². The van der Waals surface area contributed by atoms with Crippen LogP contribution >= 0.6 is 34.8 Å². The summed E-state index contributed by atoms with van der Waals surface area (Å²) in [7, 11) is 0. The van der Waals surface area contributed by atoms with Gasteiger partial charge >= 0.3 is 0 Å². The van der Waals surface area contributed by atoms with E-state index in [1.165, 1.54) is 0 Å². The van der Waals surface area contributed by atoms with Crippen molar-refractivity contribution in [3.8, 4) is 0 Å². The highest BCUT2D eigenvalue weighted by Crippen LogP contribution is 2.37. The van der Waals surface area contributed by atoms with E-state index >= 15 is 0 Å². The molecule has 0 fully saturated rings. The van der Waals surface area contributed by atoms with Crippen LogP contribution in [0.1, 0.15) is 19.7 Å². The Labute approximate surface area is 120 Å². The van der Waals surface area contributed by atoms with Gasteiger partial charge in [-0.05, 0) is 26.0 Å². The van der Waals surface area contributed by atoms with Gasteiger partial charge in [-0.2, -0.15) is 0 Å². The summed E-state index contributed by atoms with van der Waals surface area (Å²) in [5.41, 5.74) is 0.747. The summed E-state index contributed by atoms with van der Waals surface area (Å²) < 4.78 is -1.63. The molecule has 0 aliphatic carbocycles. The number of aromatic nitrogens is 2. The van der Waals surface area contributed by atoms with Crippen molar-refractivity contribution in [3.05, 3.63) is 30.1 Å². The highest BCUT2D eigenvalue weighted by atomic mass is 35.6. The minimum absolute atomic E-state index is 0.175. The van der Waals surface area contributed by atoms with Crippen molar-refractivity contribution in [1.82, 2.24) is 9.97 Å². The second-order valence-electron chi connectivity index (χ2n) is 4.21. The van der Waals surface area contributed by atoms with Gasteiger partial charge in [0.1, 0.15) is 5.82 Å². The molecule has 18 heavy (non-hydrogen) atoms. The standard InChI is InChI=1S/C12H12Cl3N3/c1-7(2)16-10-8-5-3-4-6-9(8)17-11(18-10)12(13,14)15/h3-7H,1-2H3,(H,16,17,18). The Bertz CT molecular complexity index is 564. The Morgan fingerprint density at radius 2 is 1.78 bits per heavy atom. The molecule has 1 aromatic carbocycles. The third kappa shape index (κ3) is 2.97. The summed E-state index contributed by atoms with van der Waals surface area (Å²) in [5, 5.41) is 4.14. The minimum atomic E-state index is -1.63. The molecule has 2 rings (SSSR count). The van der Waals surface area contributed by atoms with E-state index in [2.05, 4.69) is 15.3 Å². The highest BCUT2D eigenvalue weighted by Gasteiger charge is 2.28. The Hall–Kier alpha value is -0.770. The zero-order chi connectivity index (χ0) is 13.3. The number of anilines is 1. The Kier molecular flexibility index (Phi) is 3.85. The highest BCUT2D eigenvalue weighted by molar-refractivity contribution is 6.66. The van der Waals surface area contributed by atoms with Gasteiger partial charge in [0.15, 0.2) is 5.82 Å². The molecule has 96 valence electrons. The SMILES string of the molecule is CC(C)Nc1nc(C(Cl)(Cl)Cl)nc2ccccc12. The molecule has 0 unspecified atom stereocenters. The summed E-state index contributed by atoms with van der Waals surface area (Å²) in [6, 6.07) is 7.83. The van der Waals surface area contributed by atoms with Crippen molar-refractivity contribution < 1.29 is 0 Å². The van der Waals surface area contributed by atoms with E-state index in [4.69, 9.17) is 34.8 Å². The number of nitrogens with one attached hydrogen (secondary N) is 1. The number of hydrogen-bond acceptors (Lipinski definition) is 3. The minimum Gasteiger partial charge on any atom is -0.367 e. The van der Waals surface area contributed by atoms with Crippen LogP contribution in [-0.4, -0.2) is 16.0 Å². The predicted octanol–water partition coefficient (Wildman–Crippen LogP) is 4.28. The fourth-order valence-corrected chi connectivity index (χ4v) is 1.84. The Morgan fingerprint density at radius 3 is 2.39 bits per heavy atom. The lowest BCUT2D eigenvalue weighted by Gasteiger charge is -2.15. The molecule has 0 spiro atoms. The van der Waals surface area contributed by atoms with E-state index in [0.29, 0.717) is 5.82 Å². The number of halogens is 3. The molecular formula is C12H12Cl3N3. The quantitative estimate of drug-likeness (QED) is 0.842. The van der Waals surface area contributed by atoms with Crippen LogP contribution in [-0.2, 0) is 3.79 Å². The van der Waals surface area contributed by atoms with Gasteiger partial charge in [0.25, 0.3) is 0 Å². The van der Waals surface area contributed by atoms with E-state index in [0.717, 1.165) is 10.9 Å². The van der Waals surface area contributed by atoms with Gasteiger partial charge in [-0.15, -0.1) is 0 Å². The average Bonchev–Trinajstić information content (AvgIpc) is 2.27. The smallest absolute Gasteiger partial charge is 0.250 e. The molecule has 0 atom stereocenters. The predicted molar refractivity (Wildman–Crippen MR) is 77.5 cm³/mol. The number of para-hydroxylation sites is 1. The lowest BCUT2D eigenvalue weighted by atomic mass is 10.2. The summed E-state index contributed by atoms with van der Waals surface area (Å²) in [6.45, 7) is 4.04. The topological polar surface area (TPSA) is 37.8 Å². The lowest BCUT2D eigenvalue weighted by molar-refractivity contribution is 0.880. The van der Waals surface area contributed by atoms with Crippen molar-refractivity contribution >= 4 is 51.5 Å². The molecule has 0 saturated carbocycles. The Morgan fingerprint density at radius 1 is 1.11 bits per heavy atom. The van der Waals surface area contributed by atoms with Crippen LogP contribution in [0.5, 0.6) is 0 Å². The van der Waals surface area contributed by atoms with Gasteiger partial charge in [-0.1, -0.05) is 46.9 Å². The largest absolute Gasteiger partial charge is 0.367 e. The number of rotatable bonds is 2. The number of nitrogens with zero attached hydrogens (tertiary/aromatic N) is 2. The maximum absolute atomic E-state index is 5.85. The molecule has 0 radical (unpaired) electrons. The van der Waals surface area contributed by atoms with Crippen LogP contribution < -0.4 is 5.32 Å². The maximum atomic E-state index is 5.85. The van der Waals surface area contributed by atoms with Crippen LogP contribution in [0.15, 0.2) is 24.3 Å². The zero-order valence-corrected chi connectivity index (χ0v) is 12.2. The molecule has 0 bridgehead atoms. The van der Waals surface area contributed by atoms with Gasteiger partial charge in [-0.25, -0.2) is 9.97 Å². The second-order valence-corrected chi connectivity index (χ2v) is 6.49. The van der Waals surface area contributed by atoms with Crippen LogP contribution in [0.25, 0.3) is 10.9 Å². The maximum Gasteiger partial charge on any atom is 0.250 e. The molecule has 1 N–H and O–H groups in total. The van der Waals surface area contributed by atoms with Crippen LogP contribution in [0.4, 0.5) is 5.82 Å². The lowest BCUT2D eigenvalue weighted by Crippen LogP contribution is -2.15. The molecule has 0 amide bonds. The van der Waals surface area contributed by atoms with Crippen molar-refractivity contribution in [2.75, 3.05) is 5.32 Å². The molecule has 1 aromatic heterocycles. The van der Waals surface area contributed by atoms with Crippen molar-refractivity contribution in [3.63, 3.8) is 0 Å². The molecule has 0 aliphatic rings.